The summed E-state index contributed by atoms with van der Waals surface area (Å²) in [6.45, 7) is 3.65. The number of nitro groups is 1. The Morgan fingerprint density at radius 2 is 1.62 bits per heavy atom. The second-order valence-corrected chi connectivity index (χ2v) is 10.7. The van der Waals surface area contributed by atoms with Crippen LogP contribution in [0.2, 0.25) is 0 Å². The number of nitro benzene ring substituents is 1. The molecular weight excluding hydrogens is 527 g/mol. The van der Waals surface area contributed by atoms with Gasteiger partial charge >= 0.3 is 19.7 Å². The molecule has 0 aliphatic rings. The van der Waals surface area contributed by atoms with Crippen LogP contribution >= 0.6 is 7.75 Å². The topological polar surface area (TPSA) is 154 Å². The molecule has 0 aliphatic carbocycles. The third-order valence-electron chi connectivity index (χ3n) is 5.79. The molecule has 0 aliphatic heterocycles. The van der Waals surface area contributed by atoms with Gasteiger partial charge in [-0.3, -0.25) is 19.4 Å². The van der Waals surface area contributed by atoms with Gasteiger partial charge in [-0.15, -0.1) is 0 Å². The number of benzene rings is 2. The van der Waals surface area contributed by atoms with Gasteiger partial charge in [0.15, 0.2) is 6.10 Å². The molecule has 0 saturated heterocycles. The molecule has 39 heavy (non-hydrogen) atoms. The van der Waals surface area contributed by atoms with Crippen LogP contribution in [0.3, 0.4) is 0 Å². The van der Waals surface area contributed by atoms with Gasteiger partial charge in [-0.1, -0.05) is 75.8 Å². The fraction of sp³-hybridized carbons (Fsp3) is 0.481. The molecule has 2 rings (SSSR count). The molecule has 12 heteroatoms. The molecule has 0 spiro atoms. The summed E-state index contributed by atoms with van der Waals surface area (Å²) >= 11 is 0. The second kappa shape index (κ2) is 16.6. The van der Waals surface area contributed by atoms with E-state index in [1.54, 1.807) is 30.3 Å². The molecule has 0 aromatic heterocycles. The Bertz CT molecular complexity index is 1100. The number of hydrogen-bond acceptors (Lipinski definition) is 8. The number of carbonyl (C=O) groups excluding carboxylic acids is 1. The van der Waals surface area contributed by atoms with Gasteiger partial charge in [0.25, 0.3) is 5.69 Å². The number of nitrogens with one attached hydrogen (secondary N) is 1. The van der Waals surface area contributed by atoms with Crippen LogP contribution in [0, 0.1) is 10.1 Å². The molecule has 3 atom stereocenters. The highest BCUT2D eigenvalue weighted by Crippen LogP contribution is 2.46. The number of hydrogen-bond donors (Lipinski definition) is 2. The third kappa shape index (κ3) is 12.0. The Labute approximate surface area is 228 Å². The van der Waals surface area contributed by atoms with Crippen LogP contribution in [-0.4, -0.2) is 40.7 Å². The van der Waals surface area contributed by atoms with E-state index >= 15 is 0 Å². The van der Waals surface area contributed by atoms with E-state index in [1.165, 1.54) is 38.3 Å². The minimum absolute atomic E-state index is 0.0514. The van der Waals surface area contributed by atoms with Gasteiger partial charge in [0.2, 0.25) is 0 Å². The van der Waals surface area contributed by atoms with Crippen molar-refractivity contribution in [2.45, 2.75) is 77.4 Å². The summed E-state index contributed by atoms with van der Waals surface area (Å²) in [4.78, 5) is 34.9. The molecule has 2 aromatic rings. The molecule has 0 fully saturated rings. The Kier molecular flexibility index (Phi) is 13.6. The Balaban J connectivity index is 2.08. The number of carbonyl (C=O) groups is 2. The standard InChI is InChI=1S/C27H37N2O9P/c1-3-4-5-6-7-8-12-19-36-27(32)21(2)37-39(35,38-24-17-15-23(16-18-24)29(33)34)28-25(26(30)31)20-22-13-10-9-11-14-22/h9-11,13-18,21,25H,3-8,12,19-20H2,1-2H3,(H,28,35)(H,30,31)/t21-,25-,39?/m0/s1. The predicted molar refractivity (Wildman–Crippen MR) is 146 cm³/mol. The van der Waals surface area contributed by atoms with Gasteiger partial charge in [-0.2, -0.15) is 5.09 Å². The SMILES string of the molecule is CCCCCCCCCOC(=O)[C@H](C)OP(=O)(N[C@@H](Cc1ccccc1)C(=O)O)Oc1ccc([N+](=O)[O-])cc1. The highest BCUT2D eigenvalue weighted by molar-refractivity contribution is 7.52. The maximum atomic E-state index is 13.8. The third-order valence-corrected chi connectivity index (χ3v) is 7.46. The predicted octanol–water partition coefficient (Wildman–Crippen LogP) is 6.07. The minimum Gasteiger partial charge on any atom is -0.480 e. The van der Waals surface area contributed by atoms with E-state index in [0.717, 1.165) is 31.4 Å². The molecule has 1 unspecified atom stereocenters. The summed E-state index contributed by atoms with van der Waals surface area (Å²) < 4.78 is 30.0. The van der Waals surface area contributed by atoms with Crippen molar-refractivity contribution in [1.29, 1.82) is 0 Å². The van der Waals surface area contributed by atoms with Crippen molar-refractivity contribution in [2.24, 2.45) is 0 Å². The van der Waals surface area contributed by atoms with Crippen molar-refractivity contribution in [3.63, 3.8) is 0 Å². The highest BCUT2D eigenvalue weighted by atomic mass is 31.2. The minimum atomic E-state index is -4.50. The fourth-order valence-corrected chi connectivity index (χ4v) is 5.32. The number of ether oxygens (including phenoxy) is 1. The number of nitrogens with zero attached hydrogens (tertiary/aromatic N) is 1. The van der Waals surface area contributed by atoms with E-state index in [2.05, 4.69) is 12.0 Å². The zero-order valence-electron chi connectivity index (χ0n) is 22.3. The van der Waals surface area contributed by atoms with Crippen LogP contribution in [0.4, 0.5) is 5.69 Å². The van der Waals surface area contributed by atoms with E-state index in [0.29, 0.717) is 12.0 Å². The molecule has 2 N–H and O–H groups in total. The van der Waals surface area contributed by atoms with Gasteiger partial charge in [0, 0.05) is 12.1 Å². The molecule has 0 amide bonds. The van der Waals surface area contributed by atoms with Crippen LogP contribution < -0.4 is 9.61 Å². The van der Waals surface area contributed by atoms with E-state index in [1.807, 2.05) is 0 Å². The average molecular weight is 565 g/mol. The van der Waals surface area contributed by atoms with Gasteiger partial charge in [-0.05, 0) is 37.5 Å². The largest absolute Gasteiger partial charge is 0.480 e. The van der Waals surface area contributed by atoms with Crippen molar-refractivity contribution in [3.8, 4) is 5.75 Å². The number of non-ortho nitro benzene ring substituents is 1. The van der Waals surface area contributed by atoms with Crippen molar-refractivity contribution >= 4 is 25.4 Å². The van der Waals surface area contributed by atoms with E-state index in [4.69, 9.17) is 13.8 Å². The van der Waals surface area contributed by atoms with Gasteiger partial charge in [0.1, 0.15) is 11.8 Å². The molecule has 0 bridgehead atoms. The molecule has 11 nitrogen and oxygen atoms in total. The van der Waals surface area contributed by atoms with Crippen molar-refractivity contribution in [3.05, 3.63) is 70.3 Å². The summed E-state index contributed by atoms with van der Waals surface area (Å²) in [5.41, 5.74) is 0.433. The lowest BCUT2D eigenvalue weighted by molar-refractivity contribution is -0.384. The van der Waals surface area contributed by atoms with E-state index in [-0.39, 0.29) is 24.5 Å². The van der Waals surface area contributed by atoms with Crippen LogP contribution in [0.25, 0.3) is 0 Å². The zero-order valence-corrected chi connectivity index (χ0v) is 23.2. The lowest BCUT2D eigenvalue weighted by atomic mass is 10.1. The number of unbranched alkanes of at least 4 members (excludes halogenated alkanes) is 6. The first-order valence-corrected chi connectivity index (χ1v) is 14.6. The maximum Gasteiger partial charge on any atom is 0.460 e. The average Bonchev–Trinajstić information content (AvgIpc) is 2.90. The molecule has 0 radical (unpaired) electrons. The van der Waals surface area contributed by atoms with Crippen LogP contribution in [0.5, 0.6) is 5.75 Å². The summed E-state index contributed by atoms with van der Waals surface area (Å²) in [6, 6.07) is 12.0. The van der Waals surface area contributed by atoms with Crippen molar-refractivity contribution in [1.82, 2.24) is 5.09 Å². The Morgan fingerprint density at radius 3 is 2.21 bits per heavy atom. The van der Waals surface area contributed by atoms with Crippen LogP contribution in [0.1, 0.15) is 64.4 Å². The first-order valence-electron chi connectivity index (χ1n) is 13.1. The van der Waals surface area contributed by atoms with Crippen LogP contribution in [0.15, 0.2) is 54.6 Å². The quantitative estimate of drug-likeness (QED) is 0.0676. The van der Waals surface area contributed by atoms with Crippen molar-refractivity contribution < 1.29 is 38.0 Å². The van der Waals surface area contributed by atoms with Crippen molar-refractivity contribution in [2.75, 3.05) is 6.61 Å². The number of aliphatic carboxylic acids is 1. The van der Waals surface area contributed by atoms with Crippen LogP contribution in [-0.2, 0) is 29.8 Å². The first-order chi connectivity index (χ1) is 18.6. The Hall–Kier alpha value is -3.27. The maximum absolute atomic E-state index is 13.8. The summed E-state index contributed by atoms with van der Waals surface area (Å²) in [5, 5.41) is 23.2. The summed E-state index contributed by atoms with van der Waals surface area (Å²) in [7, 11) is -4.50. The van der Waals surface area contributed by atoms with E-state index in [9.17, 15) is 29.4 Å². The fourth-order valence-electron chi connectivity index (χ4n) is 3.68. The molecular formula is C27H37N2O9P. The van der Waals surface area contributed by atoms with E-state index < -0.39 is 36.8 Å². The zero-order chi connectivity index (χ0) is 28.7. The Morgan fingerprint density at radius 1 is 1.00 bits per heavy atom. The second-order valence-electron chi connectivity index (χ2n) is 9.09. The molecule has 2 aromatic carbocycles. The monoisotopic (exact) mass is 564 g/mol. The summed E-state index contributed by atoms with van der Waals surface area (Å²) in [5.74, 6) is -2.17. The lowest BCUT2D eigenvalue weighted by Crippen LogP contribution is -2.39. The molecule has 214 valence electrons. The number of carboxylic acid groups (broad SMARTS) is 1. The molecule has 0 heterocycles. The normalized spacial score (nSPS) is 14.1. The summed E-state index contributed by atoms with van der Waals surface area (Å²) in [6.07, 6.45) is 5.91. The number of carboxylic acids is 1. The highest BCUT2D eigenvalue weighted by Gasteiger charge is 2.37. The first kappa shape index (κ1) is 31.9. The molecule has 0 saturated carbocycles. The van der Waals surface area contributed by atoms with Gasteiger partial charge in [0.05, 0.1) is 11.5 Å². The number of rotatable bonds is 19. The smallest absolute Gasteiger partial charge is 0.460 e. The lowest BCUT2D eigenvalue weighted by Gasteiger charge is -2.25. The van der Waals surface area contributed by atoms with Gasteiger partial charge < -0.3 is 14.4 Å². The number of esters is 1. The van der Waals surface area contributed by atoms with Gasteiger partial charge in [-0.25, -0.2) is 9.36 Å².